The Hall–Kier alpha value is -0.690. The molecule has 2 atom stereocenters. The quantitative estimate of drug-likeness (QED) is 0.528. The van der Waals surface area contributed by atoms with E-state index in [1.165, 1.54) is 0 Å². The summed E-state index contributed by atoms with van der Waals surface area (Å²) in [5.74, 6) is 0.229. The first-order valence-corrected chi connectivity index (χ1v) is 10.3. The van der Waals surface area contributed by atoms with E-state index >= 15 is 0 Å². The third-order valence-corrected chi connectivity index (χ3v) is 5.19. The average Bonchev–Trinajstić information content (AvgIpc) is 2.52. The summed E-state index contributed by atoms with van der Waals surface area (Å²) in [6.45, 7) is 7.17. The van der Waals surface area contributed by atoms with Crippen molar-refractivity contribution in [2.75, 3.05) is 19.5 Å². The van der Waals surface area contributed by atoms with Gasteiger partial charge in [-0.15, -0.1) is 6.58 Å². The van der Waals surface area contributed by atoms with Crippen LogP contribution in [-0.2, 0) is 19.0 Å². The molecule has 0 spiro atoms. The van der Waals surface area contributed by atoms with Crippen LogP contribution < -0.4 is 0 Å². The summed E-state index contributed by atoms with van der Waals surface area (Å²) in [7, 11) is -3.57. The molecule has 128 valence electrons. The van der Waals surface area contributed by atoms with E-state index < -0.39 is 16.2 Å². The third-order valence-electron chi connectivity index (χ3n) is 4.14. The molecule has 0 radical (unpaired) electrons. The summed E-state index contributed by atoms with van der Waals surface area (Å²) in [4.78, 5) is 0. The standard InChI is InChI=1S/C17H23BrO4S/c1-4-12(2)17(22-23(3,19)20)16-11-14(18)5-6-15(16)13-7-9-21-10-8-13/h4-6,11-13,17H,1,7-10H2,2-3H3. The van der Waals surface area contributed by atoms with Gasteiger partial charge in [0.2, 0.25) is 0 Å². The molecule has 0 aliphatic carbocycles. The molecule has 0 amide bonds. The van der Waals surface area contributed by atoms with E-state index in [2.05, 4.69) is 28.6 Å². The minimum atomic E-state index is -3.57. The summed E-state index contributed by atoms with van der Waals surface area (Å²) in [5.41, 5.74) is 2.04. The van der Waals surface area contributed by atoms with Crippen molar-refractivity contribution in [1.82, 2.24) is 0 Å². The molecular weight excluding hydrogens is 380 g/mol. The van der Waals surface area contributed by atoms with Crippen molar-refractivity contribution in [3.63, 3.8) is 0 Å². The van der Waals surface area contributed by atoms with Gasteiger partial charge >= 0.3 is 0 Å². The van der Waals surface area contributed by atoms with Crippen molar-refractivity contribution in [2.24, 2.45) is 5.92 Å². The van der Waals surface area contributed by atoms with Crippen LogP contribution in [0.1, 0.15) is 42.9 Å². The SMILES string of the molecule is C=CC(C)C(OS(C)(=O)=O)c1cc(Br)ccc1C1CCOCC1. The van der Waals surface area contributed by atoms with Crippen LogP contribution in [0.2, 0.25) is 0 Å². The molecule has 0 bridgehead atoms. The molecule has 2 unspecified atom stereocenters. The predicted octanol–water partition coefficient (Wildman–Crippen LogP) is 4.18. The van der Waals surface area contributed by atoms with Gasteiger partial charge in [0.05, 0.1) is 6.26 Å². The van der Waals surface area contributed by atoms with Gasteiger partial charge in [-0.3, -0.25) is 4.18 Å². The summed E-state index contributed by atoms with van der Waals surface area (Å²) >= 11 is 3.48. The van der Waals surface area contributed by atoms with Crippen molar-refractivity contribution in [3.05, 3.63) is 46.5 Å². The topological polar surface area (TPSA) is 52.6 Å². The number of benzene rings is 1. The second-order valence-electron chi connectivity index (χ2n) is 5.98. The second-order valence-corrected chi connectivity index (χ2v) is 8.49. The van der Waals surface area contributed by atoms with Crippen LogP contribution in [0.4, 0.5) is 0 Å². The van der Waals surface area contributed by atoms with Gasteiger partial charge in [0.1, 0.15) is 6.10 Å². The summed E-state index contributed by atoms with van der Waals surface area (Å²) in [6.07, 6.45) is 4.11. The zero-order valence-corrected chi connectivity index (χ0v) is 15.9. The fourth-order valence-electron chi connectivity index (χ4n) is 2.91. The van der Waals surface area contributed by atoms with E-state index in [4.69, 9.17) is 8.92 Å². The first kappa shape index (κ1) is 18.6. The lowest BCUT2D eigenvalue weighted by atomic mass is 9.84. The van der Waals surface area contributed by atoms with Crippen LogP contribution in [0.5, 0.6) is 0 Å². The molecule has 0 N–H and O–H groups in total. The summed E-state index contributed by atoms with van der Waals surface area (Å²) in [6, 6.07) is 6.01. The van der Waals surface area contributed by atoms with Crippen molar-refractivity contribution in [3.8, 4) is 0 Å². The van der Waals surface area contributed by atoms with Gasteiger partial charge in [-0.1, -0.05) is 35.0 Å². The lowest BCUT2D eigenvalue weighted by Gasteiger charge is -2.29. The van der Waals surface area contributed by atoms with E-state index in [1.54, 1.807) is 6.08 Å². The molecule has 0 aromatic heterocycles. The smallest absolute Gasteiger partial charge is 0.264 e. The van der Waals surface area contributed by atoms with E-state index in [9.17, 15) is 8.42 Å². The highest BCUT2D eigenvalue weighted by Gasteiger charge is 2.28. The lowest BCUT2D eigenvalue weighted by molar-refractivity contribution is 0.0842. The molecule has 0 saturated carbocycles. The first-order valence-electron chi connectivity index (χ1n) is 7.69. The fraction of sp³-hybridized carbons (Fsp3) is 0.529. The molecule has 1 saturated heterocycles. The average molecular weight is 403 g/mol. The number of hydrogen-bond acceptors (Lipinski definition) is 4. The van der Waals surface area contributed by atoms with Crippen molar-refractivity contribution in [2.45, 2.75) is 31.8 Å². The van der Waals surface area contributed by atoms with E-state index in [-0.39, 0.29) is 5.92 Å². The zero-order chi connectivity index (χ0) is 17.0. The minimum Gasteiger partial charge on any atom is -0.381 e. The normalized spacial score (nSPS) is 19.3. The van der Waals surface area contributed by atoms with E-state index in [0.717, 1.165) is 47.9 Å². The molecule has 4 nitrogen and oxygen atoms in total. The molecule has 6 heteroatoms. The second kappa shape index (κ2) is 7.92. The summed E-state index contributed by atoms with van der Waals surface area (Å²) < 4.78 is 35.2. The van der Waals surface area contributed by atoms with E-state index in [1.807, 2.05) is 19.1 Å². The van der Waals surface area contributed by atoms with Gasteiger partial charge in [-0.05, 0) is 42.0 Å². The van der Waals surface area contributed by atoms with Gasteiger partial charge < -0.3 is 4.74 Å². The Morgan fingerprint density at radius 2 is 2.04 bits per heavy atom. The number of ether oxygens (including phenoxy) is 1. The predicted molar refractivity (Wildman–Crippen MR) is 95.0 cm³/mol. The largest absolute Gasteiger partial charge is 0.381 e. The highest BCUT2D eigenvalue weighted by atomic mass is 79.9. The van der Waals surface area contributed by atoms with Gasteiger partial charge in [-0.25, -0.2) is 0 Å². The monoisotopic (exact) mass is 402 g/mol. The molecule has 1 heterocycles. The van der Waals surface area contributed by atoms with Crippen LogP contribution in [0.25, 0.3) is 0 Å². The maximum atomic E-state index is 11.7. The van der Waals surface area contributed by atoms with Crippen LogP contribution >= 0.6 is 15.9 Å². The van der Waals surface area contributed by atoms with Crippen LogP contribution in [0, 0.1) is 5.92 Å². The third kappa shape index (κ3) is 5.14. The fourth-order valence-corrected chi connectivity index (χ4v) is 3.94. The Kier molecular flexibility index (Phi) is 6.42. The van der Waals surface area contributed by atoms with Crippen molar-refractivity contribution >= 4 is 26.0 Å². The molecule has 1 aliphatic heterocycles. The Bertz CT molecular complexity index is 651. The highest BCUT2D eigenvalue weighted by molar-refractivity contribution is 9.10. The van der Waals surface area contributed by atoms with Gasteiger partial charge in [0.25, 0.3) is 10.1 Å². The molecule has 2 rings (SSSR count). The van der Waals surface area contributed by atoms with Crippen LogP contribution in [-0.4, -0.2) is 27.9 Å². The molecule has 1 aromatic rings. The number of rotatable bonds is 6. The maximum absolute atomic E-state index is 11.7. The Balaban J connectivity index is 2.47. The Labute approximate surface area is 147 Å². The lowest BCUT2D eigenvalue weighted by Crippen LogP contribution is -2.21. The van der Waals surface area contributed by atoms with Crippen LogP contribution in [0.15, 0.2) is 35.3 Å². The summed E-state index contributed by atoms with van der Waals surface area (Å²) in [5, 5.41) is 0. The molecular formula is C17H23BrO4S. The Morgan fingerprint density at radius 1 is 1.39 bits per heavy atom. The highest BCUT2D eigenvalue weighted by Crippen LogP contribution is 2.38. The molecule has 23 heavy (non-hydrogen) atoms. The zero-order valence-electron chi connectivity index (χ0n) is 13.5. The number of hydrogen-bond donors (Lipinski definition) is 0. The molecule has 1 fully saturated rings. The minimum absolute atomic E-state index is 0.127. The maximum Gasteiger partial charge on any atom is 0.264 e. The van der Waals surface area contributed by atoms with Gasteiger partial charge in [0, 0.05) is 23.6 Å². The van der Waals surface area contributed by atoms with Gasteiger partial charge in [-0.2, -0.15) is 8.42 Å². The van der Waals surface area contributed by atoms with Crippen LogP contribution in [0.3, 0.4) is 0 Å². The molecule has 1 aromatic carbocycles. The number of halogens is 1. The van der Waals surface area contributed by atoms with Crippen molar-refractivity contribution < 1.29 is 17.3 Å². The Morgan fingerprint density at radius 3 is 2.61 bits per heavy atom. The first-order chi connectivity index (χ1) is 10.8. The molecule has 1 aliphatic rings. The van der Waals surface area contributed by atoms with Gasteiger partial charge in [0.15, 0.2) is 0 Å². The van der Waals surface area contributed by atoms with Crippen molar-refractivity contribution in [1.29, 1.82) is 0 Å². The van der Waals surface area contributed by atoms with E-state index in [0.29, 0.717) is 5.92 Å².